The molecule has 0 bridgehead atoms. The summed E-state index contributed by atoms with van der Waals surface area (Å²) in [5, 5.41) is 9.89. The minimum absolute atomic E-state index is 0.170. The molecule has 0 unspecified atom stereocenters. The number of nitrogens with one attached hydrogen (secondary N) is 1. The lowest BCUT2D eigenvalue weighted by Gasteiger charge is -2.42. The molecular formula is C17H18N4O2S. The summed E-state index contributed by atoms with van der Waals surface area (Å²) in [4.78, 5) is 29.6. The van der Waals surface area contributed by atoms with Crippen molar-refractivity contribution in [2.45, 2.75) is 38.3 Å². The third-order valence-electron chi connectivity index (χ3n) is 4.88. The van der Waals surface area contributed by atoms with Crippen LogP contribution in [-0.2, 0) is 6.54 Å². The van der Waals surface area contributed by atoms with E-state index in [0.717, 1.165) is 6.42 Å². The third kappa shape index (κ3) is 2.34. The van der Waals surface area contributed by atoms with Crippen LogP contribution < -0.4 is 5.56 Å². The van der Waals surface area contributed by atoms with E-state index in [4.69, 9.17) is 12.2 Å². The first kappa shape index (κ1) is 16.4. The lowest BCUT2D eigenvalue weighted by Crippen LogP contribution is -2.53. The quantitative estimate of drug-likeness (QED) is 0.869. The van der Waals surface area contributed by atoms with Gasteiger partial charge in [-0.1, -0.05) is 0 Å². The minimum atomic E-state index is -0.704. The summed E-state index contributed by atoms with van der Waals surface area (Å²) >= 11 is 5.20. The first-order valence-electron chi connectivity index (χ1n) is 7.90. The Balaban J connectivity index is 2.06. The largest absolute Gasteiger partial charge is 0.332 e. The van der Waals surface area contributed by atoms with Crippen molar-refractivity contribution in [1.82, 2.24) is 14.5 Å². The maximum Gasteiger partial charge on any atom is 0.262 e. The van der Waals surface area contributed by atoms with Crippen molar-refractivity contribution >= 4 is 29.0 Å². The van der Waals surface area contributed by atoms with E-state index < -0.39 is 5.54 Å². The first-order valence-corrected chi connectivity index (χ1v) is 8.30. The monoisotopic (exact) mass is 342 g/mol. The fraction of sp³-hybridized carbons (Fsp3) is 0.412. The molecule has 3 rings (SSSR count). The summed E-state index contributed by atoms with van der Waals surface area (Å²) in [5.74, 6) is -0.225. The zero-order valence-corrected chi connectivity index (χ0v) is 14.4. The molecule has 1 aliphatic carbocycles. The molecule has 6 nitrogen and oxygen atoms in total. The number of amides is 1. The van der Waals surface area contributed by atoms with Gasteiger partial charge < -0.3 is 9.88 Å². The van der Waals surface area contributed by atoms with E-state index in [1.54, 1.807) is 25.2 Å². The van der Waals surface area contributed by atoms with Gasteiger partial charge >= 0.3 is 0 Å². The summed E-state index contributed by atoms with van der Waals surface area (Å²) in [6, 6.07) is 7.16. The van der Waals surface area contributed by atoms with Gasteiger partial charge in [0.2, 0.25) is 0 Å². The van der Waals surface area contributed by atoms with Crippen LogP contribution in [0.3, 0.4) is 0 Å². The Morgan fingerprint density at radius 3 is 2.75 bits per heavy atom. The second-order valence-corrected chi connectivity index (χ2v) is 6.49. The van der Waals surface area contributed by atoms with Gasteiger partial charge in [0.05, 0.1) is 17.0 Å². The second-order valence-electron chi connectivity index (χ2n) is 6.10. The van der Waals surface area contributed by atoms with Gasteiger partial charge in [-0.3, -0.25) is 14.2 Å². The number of rotatable bonds is 3. The number of nitriles is 1. The van der Waals surface area contributed by atoms with E-state index in [0.29, 0.717) is 40.6 Å². The van der Waals surface area contributed by atoms with Gasteiger partial charge in [0, 0.05) is 19.2 Å². The van der Waals surface area contributed by atoms with E-state index in [-0.39, 0.29) is 11.5 Å². The van der Waals surface area contributed by atoms with Gasteiger partial charge in [-0.05, 0) is 56.6 Å². The van der Waals surface area contributed by atoms with Crippen molar-refractivity contribution in [2.24, 2.45) is 0 Å². The van der Waals surface area contributed by atoms with E-state index in [1.807, 2.05) is 6.92 Å². The summed E-state index contributed by atoms with van der Waals surface area (Å²) in [6.07, 6.45) is 2.35. The molecule has 0 atom stereocenters. The Kier molecular flexibility index (Phi) is 4.01. The number of hydrogen-bond acceptors (Lipinski definition) is 4. The lowest BCUT2D eigenvalue weighted by molar-refractivity contribution is 0.0497. The van der Waals surface area contributed by atoms with Crippen LogP contribution in [0.2, 0.25) is 0 Å². The Hall–Kier alpha value is -2.46. The summed E-state index contributed by atoms with van der Waals surface area (Å²) in [5.41, 5.74) is 0.0975. The highest BCUT2D eigenvalue weighted by Crippen LogP contribution is 2.37. The number of aromatic nitrogens is 2. The first-order chi connectivity index (χ1) is 11.4. The molecule has 1 aliphatic rings. The molecular weight excluding hydrogens is 324 g/mol. The van der Waals surface area contributed by atoms with Crippen molar-refractivity contribution in [3.63, 3.8) is 0 Å². The smallest absolute Gasteiger partial charge is 0.262 e. The van der Waals surface area contributed by atoms with Crippen LogP contribution in [0.15, 0.2) is 23.0 Å². The van der Waals surface area contributed by atoms with Crippen LogP contribution in [0.4, 0.5) is 0 Å². The highest BCUT2D eigenvalue weighted by Gasteiger charge is 2.43. The predicted molar refractivity (Wildman–Crippen MR) is 93.4 cm³/mol. The number of H-pyrrole nitrogens is 1. The number of benzene rings is 1. The fourth-order valence-electron chi connectivity index (χ4n) is 3.10. The topological polar surface area (TPSA) is 81.9 Å². The maximum absolute atomic E-state index is 12.7. The highest BCUT2D eigenvalue weighted by atomic mass is 32.1. The number of hydrogen-bond donors (Lipinski definition) is 1. The molecule has 1 saturated carbocycles. The summed E-state index contributed by atoms with van der Waals surface area (Å²) in [6.45, 7) is 2.34. The minimum Gasteiger partial charge on any atom is -0.332 e. The molecule has 1 aromatic heterocycles. The number of aromatic amines is 1. The molecule has 1 aromatic carbocycles. The predicted octanol–water partition coefficient (Wildman–Crippen LogP) is 2.60. The van der Waals surface area contributed by atoms with Gasteiger partial charge in [0.1, 0.15) is 5.54 Å². The Labute approximate surface area is 144 Å². The van der Waals surface area contributed by atoms with Gasteiger partial charge in [-0.25, -0.2) is 0 Å². The normalized spacial score (nSPS) is 15.5. The average Bonchev–Trinajstić information content (AvgIpc) is 2.53. The molecule has 1 fully saturated rings. The zero-order chi connectivity index (χ0) is 17.5. The standard InChI is InChI=1S/C17H18N4O2S/c1-3-21-15(23)12-6-5-11(9-13(12)19-16(21)24)14(22)20(2)17(10-18)7-4-8-17/h5-6,9H,3-4,7-8H2,1-2H3,(H,19,24). The van der Waals surface area contributed by atoms with Crippen molar-refractivity contribution in [1.29, 1.82) is 5.26 Å². The van der Waals surface area contributed by atoms with Crippen LogP contribution in [0, 0.1) is 16.1 Å². The van der Waals surface area contributed by atoms with Gasteiger partial charge in [-0.2, -0.15) is 5.26 Å². The highest BCUT2D eigenvalue weighted by molar-refractivity contribution is 7.71. The Bertz CT molecular complexity index is 979. The molecule has 1 heterocycles. The van der Waals surface area contributed by atoms with Gasteiger partial charge in [0.15, 0.2) is 4.77 Å². The molecule has 7 heteroatoms. The zero-order valence-electron chi connectivity index (χ0n) is 13.6. The molecule has 1 amide bonds. The average molecular weight is 342 g/mol. The lowest BCUT2D eigenvalue weighted by atomic mass is 9.76. The van der Waals surface area contributed by atoms with Crippen LogP contribution in [0.25, 0.3) is 10.9 Å². The van der Waals surface area contributed by atoms with Crippen LogP contribution in [-0.4, -0.2) is 32.9 Å². The summed E-state index contributed by atoms with van der Waals surface area (Å²) < 4.78 is 1.81. The molecule has 124 valence electrons. The number of fused-ring (bicyclic) bond motifs is 1. The Morgan fingerprint density at radius 1 is 1.50 bits per heavy atom. The van der Waals surface area contributed by atoms with E-state index >= 15 is 0 Å². The fourth-order valence-corrected chi connectivity index (χ4v) is 3.42. The number of carbonyl (C=O) groups is 1. The third-order valence-corrected chi connectivity index (χ3v) is 5.20. The maximum atomic E-state index is 12.7. The molecule has 0 saturated heterocycles. The molecule has 0 radical (unpaired) electrons. The van der Waals surface area contributed by atoms with Crippen molar-refractivity contribution in [3.05, 3.63) is 38.9 Å². The van der Waals surface area contributed by atoms with Crippen molar-refractivity contribution in [3.8, 4) is 6.07 Å². The van der Waals surface area contributed by atoms with Crippen LogP contribution >= 0.6 is 12.2 Å². The van der Waals surface area contributed by atoms with Crippen molar-refractivity contribution < 1.29 is 4.79 Å². The summed E-state index contributed by atoms with van der Waals surface area (Å²) in [7, 11) is 1.66. The van der Waals surface area contributed by atoms with E-state index in [2.05, 4.69) is 11.1 Å². The van der Waals surface area contributed by atoms with Crippen LogP contribution in [0.5, 0.6) is 0 Å². The number of carbonyl (C=O) groups excluding carboxylic acids is 1. The van der Waals surface area contributed by atoms with Crippen LogP contribution in [0.1, 0.15) is 36.5 Å². The van der Waals surface area contributed by atoms with Crippen molar-refractivity contribution in [2.75, 3.05) is 7.05 Å². The number of nitrogens with zero attached hydrogens (tertiary/aromatic N) is 3. The SMILES string of the molecule is CCn1c(=S)[nH]c2cc(C(=O)N(C)C3(C#N)CCC3)ccc2c1=O. The molecule has 2 aromatic rings. The molecule has 0 spiro atoms. The molecule has 1 N–H and O–H groups in total. The van der Waals surface area contributed by atoms with Gasteiger partial charge in [0.25, 0.3) is 11.5 Å². The Morgan fingerprint density at radius 2 is 2.21 bits per heavy atom. The molecule has 24 heavy (non-hydrogen) atoms. The molecule has 0 aliphatic heterocycles. The van der Waals surface area contributed by atoms with E-state index in [9.17, 15) is 14.9 Å². The van der Waals surface area contributed by atoms with E-state index in [1.165, 1.54) is 9.47 Å². The van der Waals surface area contributed by atoms with Gasteiger partial charge in [-0.15, -0.1) is 0 Å². The second kappa shape index (κ2) is 5.87.